The standard InChI is InChI=1S/C22H27F7N2O2/c1-13(14-4-7-31(8-5-14)12-21(25,26)22(27,28)29)6-9-33-16-10-17(23)19(18(24)11-16)20(32)30-15-2-3-15/h10-11,13-15H,2-9,12H2,1H3,(H,30,32). The zero-order chi connectivity index (χ0) is 24.4. The van der Waals surface area contributed by atoms with Crippen LogP contribution in [0.3, 0.4) is 0 Å². The van der Waals surface area contributed by atoms with Gasteiger partial charge in [-0.3, -0.25) is 9.69 Å². The van der Waals surface area contributed by atoms with Crippen LogP contribution in [0, 0.1) is 23.5 Å². The minimum absolute atomic E-state index is 0.0401. The molecule has 1 aliphatic heterocycles. The van der Waals surface area contributed by atoms with Crippen molar-refractivity contribution in [2.45, 2.75) is 57.2 Å². The molecule has 11 heteroatoms. The van der Waals surface area contributed by atoms with Crippen molar-refractivity contribution >= 4 is 5.91 Å². The summed E-state index contributed by atoms with van der Waals surface area (Å²) in [6.07, 6.45) is -2.53. The molecular formula is C22H27F7N2O2. The number of carbonyl (C=O) groups is 1. The van der Waals surface area contributed by atoms with Crippen LogP contribution in [0.2, 0.25) is 0 Å². The normalized spacial score (nSPS) is 19.4. The van der Waals surface area contributed by atoms with E-state index in [1.165, 1.54) is 0 Å². The van der Waals surface area contributed by atoms with Crippen molar-refractivity contribution in [2.75, 3.05) is 26.2 Å². The number of hydrogen-bond acceptors (Lipinski definition) is 3. The lowest BCUT2D eigenvalue weighted by Crippen LogP contribution is -2.49. The van der Waals surface area contributed by atoms with Gasteiger partial charge in [-0.1, -0.05) is 6.92 Å². The molecule has 1 atom stereocenters. The van der Waals surface area contributed by atoms with Crippen molar-refractivity contribution in [3.8, 4) is 5.75 Å². The fourth-order valence-corrected chi connectivity index (χ4v) is 3.98. The Bertz CT molecular complexity index is 812. The Morgan fingerprint density at radius 1 is 1.09 bits per heavy atom. The second-order valence-corrected chi connectivity index (χ2v) is 8.94. The van der Waals surface area contributed by atoms with Gasteiger partial charge in [0.05, 0.1) is 13.2 Å². The van der Waals surface area contributed by atoms with Crippen molar-refractivity contribution in [1.82, 2.24) is 10.2 Å². The minimum Gasteiger partial charge on any atom is -0.493 e. The first-order chi connectivity index (χ1) is 15.4. The lowest BCUT2D eigenvalue weighted by atomic mass is 9.83. The maximum atomic E-state index is 14.2. The molecule has 0 bridgehead atoms. The zero-order valence-corrected chi connectivity index (χ0v) is 18.2. The first-order valence-electron chi connectivity index (χ1n) is 11.0. The van der Waals surface area contributed by atoms with E-state index in [0.29, 0.717) is 19.3 Å². The van der Waals surface area contributed by atoms with Gasteiger partial charge in [0.25, 0.3) is 5.91 Å². The average molecular weight is 484 g/mol. The maximum absolute atomic E-state index is 14.2. The van der Waals surface area contributed by atoms with E-state index in [1.54, 1.807) is 0 Å². The maximum Gasteiger partial charge on any atom is 0.454 e. The van der Waals surface area contributed by atoms with Gasteiger partial charge in [0.1, 0.15) is 22.9 Å². The van der Waals surface area contributed by atoms with Gasteiger partial charge in [-0.05, 0) is 57.0 Å². The number of halogens is 7. The Labute approximate surface area is 187 Å². The molecule has 1 aromatic carbocycles. The van der Waals surface area contributed by atoms with Crippen LogP contribution in [-0.4, -0.2) is 55.2 Å². The predicted octanol–water partition coefficient (Wildman–Crippen LogP) is 5.17. The monoisotopic (exact) mass is 484 g/mol. The number of benzene rings is 1. The molecule has 2 fully saturated rings. The summed E-state index contributed by atoms with van der Waals surface area (Å²) >= 11 is 0. The summed E-state index contributed by atoms with van der Waals surface area (Å²) < 4.78 is 97.5. The molecule has 0 radical (unpaired) electrons. The largest absolute Gasteiger partial charge is 0.493 e. The van der Waals surface area contributed by atoms with Crippen molar-refractivity contribution in [3.63, 3.8) is 0 Å². The smallest absolute Gasteiger partial charge is 0.454 e. The highest BCUT2D eigenvalue weighted by molar-refractivity contribution is 5.95. The van der Waals surface area contributed by atoms with Gasteiger partial charge in [0, 0.05) is 18.2 Å². The number of ether oxygens (including phenoxy) is 1. The van der Waals surface area contributed by atoms with E-state index in [1.807, 2.05) is 6.92 Å². The summed E-state index contributed by atoms with van der Waals surface area (Å²) in [5.41, 5.74) is -0.648. The molecule has 2 aliphatic rings. The van der Waals surface area contributed by atoms with Gasteiger partial charge in [0.2, 0.25) is 0 Å². The number of hydrogen-bond donors (Lipinski definition) is 1. The number of carbonyl (C=O) groups excluding carboxylic acids is 1. The molecule has 186 valence electrons. The molecule has 1 N–H and O–H groups in total. The molecule has 3 rings (SSSR count). The lowest BCUT2D eigenvalue weighted by molar-refractivity contribution is -0.287. The van der Waals surface area contributed by atoms with Crippen LogP contribution in [0.1, 0.15) is 49.4 Å². The van der Waals surface area contributed by atoms with Gasteiger partial charge >= 0.3 is 12.1 Å². The lowest BCUT2D eigenvalue weighted by Gasteiger charge is -2.36. The summed E-state index contributed by atoms with van der Waals surface area (Å²) in [6.45, 7) is 0.998. The Morgan fingerprint density at radius 2 is 1.67 bits per heavy atom. The molecule has 33 heavy (non-hydrogen) atoms. The van der Waals surface area contributed by atoms with Gasteiger partial charge in [-0.2, -0.15) is 22.0 Å². The Balaban J connectivity index is 1.43. The molecule has 1 amide bonds. The fraction of sp³-hybridized carbons (Fsp3) is 0.682. The number of nitrogens with one attached hydrogen (secondary N) is 1. The van der Waals surface area contributed by atoms with E-state index < -0.39 is 41.7 Å². The van der Waals surface area contributed by atoms with Crippen molar-refractivity contribution < 1.29 is 40.3 Å². The average Bonchev–Trinajstić information content (AvgIpc) is 3.50. The zero-order valence-electron chi connectivity index (χ0n) is 18.2. The highest BCUT2D eigenvalue weighted by Gasteiger charge is 2.58. The number of likely N-dealkylation sites (tertiary alicyclic amines) is 1. The molecular weight excluding hydrogens is 457 g/mol. The number of piperidine rings is 1. The molecule has 1 saturated heterocycles. The Morgan fingerprint density at radius 3 is 2.18 bits per heavy atom. The van der Waals surface area contributed by atoms with E-state index >= 15 is 0 Å². The number of alkyl halides is 5. The van der Waals surface area contributed by atoms with Crippen LogP contribution in [0.25, 0.3) is 0 Å². The van der Waals surface area contributed by atoms with Crippen LogP contribution in [-0.2, 0) is 0 Å². The quantitative estimate of drug-likeness (QED) is 0.492. The van der Waals surface area contributed by atoms with Crippen molar-refractivity contribution in [2.24, 2.45) is 11.8 Å². The van der Waals surface area contributed by atoms with Crippen LogP contribution >= 0.6 is 0 Å². The molecule has 1 aliphatic carbocycles. The van der Waals surface area contributed by atoms with Gasteiger partial charge in [-0.15, -0.1) is 0 Å². The molecule has 1 saturated carbocycles. The van der Waals surface area contributed by atoms with Gasteiger partial charge in [-0.25, -0.2) is 8.78 Å². The summed E-state index contributed by atoms with van der Waals surface area (Å²) in [5.74, 6) is -7.42. The highest BCUT2D eigenvalue weighted by atomic mass is 19.4. The fourth-order valence-electron chi connectivity index (χ4n) is 3.98. The summed E-state index contributed by atoms with van der Waals surface area (Å²) in [5, 5.41) is 2.53. The molecule has 4 nitrogen and oxygen atoms in total. The third-order valence-electron chi connectivity index (χ3n) is 6.27. The summed E-state index contributed by atoms with van der Waals surface area (Å²) in [6, 6.07) is 1.87. The van der Waals surface area contributed by atoms with Crippen LogP contribution < -0.4 is 10.1 Å². The second kappa shape index (κ2) is 10.1. The van der Waals surface area contributed by atoms with Crippen LogP contribution in [0.15, 0.2) is 12.1 Å². The molecule has 1 heterocycles. The molecule has 1 aromatic rings. The predicted molar refractivity (Wildman–Crippen MR) is 106 cm³/mol. The first-order valence-corrected chi connectivity index (χ1v) is 11.0. The van der Waals surface area contributed by atoms with Gasteiger partial charge in [0.15, 0.2) is 0 Å². The molecule has 0 spiro atoms. The van der Waals surface area contributed by atoms with E-state index in [-0.39, 0.29) is 43.3 Å². The van der Waals surface area contributed by atoms with E-state index in [0.717, 1.165) is 29.9 Å². The Kier molecular flexibility index (Phi) is 7.80. The van der Waals surface area contributed by atoms with E-state index in [4.69, 9.17) is 4.74 Å². The van der Waals surface area contributed by atoms with Gasteiger partial charge < -0.3 is 10.1 Å². The number of amides is 1. The topological polar surface area (TPSA) is 41.6 Å². The van der Waals surface area contributed by atoms with Crippen LogP contribution in [0.4, 0.5) is 30.7 Å². The van der Waals surface area contributed by atoms with Crippen molar-refractivity contribution in [1.29, 1.82) is 0 Å². The number of nitrogens with zero attached hydrogens (tertiary/aromatic N) is 1. The van der Waals surface area contributed by atoms with E-state index in [2.05, 4.69) is 5.32 Å². The second-order valence-electron chi connectivity index (χ2n) is 8.94. The first kappa shape index (κ1) is 25.6. The van der Waals surface area contributed by atoms with Crippen LogP contribution in [0.5, 0.6) is 5.75 Å². The third kappa shape index (κ3) is 6.74. The SMILES string of the molecule is CC(CCOc1cc(F)c(C(=O)NC2CC2)c(F)c1)C1CCN(CC(F)(F)C(F)(F)F)CC1. The minimum atomic E-state index is -5.56. The molecule has 1 unspecified atom stereocenters. The highest BCUT2D eigenvalue weighted by Crippen LogP contribution is 2.37. The van der Waals surface area contributed by atoms with E-state index in [9.17, 15) is 35.5 Å². The van der Waals surface area contributed by atoms with Crippen molar-refractivity contribution in [3.05, 3.63) is 29.3 Å². The summed E-state index contributed by atoms with van der Waals surface area (Å²) in [4.78, 5) is 13.1. The Hall–Kier alpha value is -2.04. The third-order valence-corrected chi connectivity index (χ3v) is 6.27. The summed E-state index contributed by atoms with van der Waals surface area (Å²) in [7, 11) is 0. The number of rotatable bonds is 9. The molecule has 0 aromatic heterocycles.